The van der Waals surface area contributed by atoms with Crippen molar-refractivity contribution in [2.45, 2.75) is 12.3 Å². The predicted octanol–water partition coefficient (Wildman–Crippen LogP) is 1.54. The summed E-state index contributed by atoms with van der Waals surface area (Å²) in [5.41, 5.74) is 1.25. The molecular formula is C13H13NO. The summed E-state index contributed by atoms with van der Waals surface area (Å²) in [4.78, 5) is 11.5. The first-order valence-electron chi connectivity index (χ1n) is 5.09. The van der Waals surface area contributed by atoms with E-state index >= 15 is 0 Å². The molecule has 1 aromatic rings. The first-order valence-corrected chi connectivity index (χ1v) is 5.09. The van der Waals surface area contributed by atoms with E-state index in [9.17, 15) is 4.79 Å². The molecule has 2 atom stereocenters. The second-order valence-corrected chi connectivity index (χ2v) is 3.78. The zero-order valence-electron chi connectivity index (χ0n) is 8.44. The van der Waals surface area contributed by atoms with Crippen molar-refractivity contribution in [1.82, 2.24) is 5.32 Å². The molecule has 0 heterocycles. The highest BCUT2D eigenvalue weighted by molar-refractivity contribution is 5.83. The van der Waals surface area contributed by atoms with Crippen LogP contribution in [-0.2, 0) is 4.79 Å². The number of amides is 1. The van der Waals surface area contributed by atoms with Gasteiger partial charge in [-0.05, 0) is 17.9 Å². The quantitative estimate of drug-likeness (QED) is 0.735. The Hall–Kier alpha value is -1.75. The highest BCUT2D eigenvalue weighted by atomic mass is 16.2. The van der Waals surface area contributed by atoms with Crippen molar-refractivity contribution in [2.75, 3.05) is 6.54 Å². The van der Waals surface area contributed by atoms with Crippen molar-refractivity contribution in [3.05, 3.63) is 35.9 Å². The van der Waals surface area contributed by atoms with Gasteiger partial charge in [0.2, 0.25) is 5.91 Å². The normalized spacial score (nSPS) is 22.9. The molecule has 1 fully saturated rings. The minimum absolute atomic E-state index is 0.0850. The first kappa shape index (κ1) is 9.79. The molecule has 1 N–H and O–H groups in total. The molecule has 15 heavy (non-hydrogen) atoms. The van der Waals surface area contributed by atoms with Gasteiger partial charge < -0.3 is 5.32 Å². The Morgan fingerprint density at radius 2 is 2.20 bits per heavy atom. The molecule has 1 saturated carbocycles. The van der Waals surface area contributed by atoms with Crippen LogP contribution in [-0.4, -0.2) is 12.5 Å². The topological polar surface area (TPSA) is 29.1 Å². The summed E-state index contributed by atoms with van der Waals surface area (Å²) >= 11 is 0. The van der Waals surface area contributed by atoms with Gasteiger partial charge in [0.05, 0.1) is 6.54 Å². The molecule has 2 nitrogen and oxygen atoms in total. The Bertz CT molecular complexity index is 391. The molecule has 1 amide bonds. The first-order chi connectivity index (χ1) is 7.33. The van der Waals surface area contributed by atoms with Crippen LogP contribution in [0.5, 0.6) is 0 Å². The Labute approximate surface area is 89.7 Å². The number of carbonyl (C=O) groups excluding carboxylic acids is 1. The van der Waals surface area contributed by atoms with E-state index in [-0.39, 0.29) is 11.8 Å². The summed E-state index contributed by atoms with van der Waals surface area (Å²) in [5, 5.41) is 2.72. The van der Waals surface area contributed by atoms with Crippen LogP contribution in [0.15, 0.2) is 30.3 Å². The predicted molar refractivity (Wildman–Crippen MR) is 59.1 cm³/mol. The zero-order chi connectivity index (χ0) is 10.7. The van der Waals surface area contributed by atoms with Gasteiger partial charge in [0, 0.05) is 5.92 Å². The fraction of sp³-hybridized carbons (Fsp3) is 0.308. The molecule has 0 aliphatic heterocycles. The lowest BCUT2D eigenvalue weighted by molar-refractivity contribution is -0.122. The molecule has 1 aliphatic rings. The summed E-state index contributed by atoms with van der Waals surface area (Å²) in [6.07, 6.45) is 6.02. The van der Waals surface area contributed by atoms with Gasteiger partial charge in [-0.15, -0.1) is 6.42 Å². The van der Waals surface area contributed by atoms with Crippen LogP contribution in [0.4, 0.5) is 0 Å². The number of carbonyl (C=O) groups is 1. The van der Waals surface area contributed by atoms with E-state index in [0.717, 1.165) is 6.42 Å². The summed E-state index contributed by atoms with van der Waals surface area (Å²) < 4.78 is 0. The van der Waals surface area contributed by atoms with E-state index in [1.807, 2.05) is 18.2 Å². The Morgan fingerprint density at radius 3 is 2.87 bits per heavy atom. The van der Waals surface area contributed by atoms with Crippen LogP contribution in [0, 0.1) is 18.3 Å². The lowest BCUT2D eigenvalue weighted by atomic mass is 10.1. The summed E-state index contributed by atoms with van der Waals surface area (Å²) in [6.45, 7) is 0.330. The maximum absolute atomic E-state index is 11.5. The standard InChI is InChI=1S/C13H13NO/c1-2-8-14-13(15)12-9-11(12)10-6-4-3-5-7-10/h1,3-7,11-12H,8-9H2,(H,14,15)/t11-,12+/m0/s1. The smallest absolute Gasteiger partial charge is 0.224 e. The van der Waals surface area contributed by atoms with Gasteiger partial charge in [0.15, 0.2) is 0 Å². The van der Waals surface area contributed by atoms with Gasteiger partial charge >= 0.3 is 0 Å². The van der Waals surface area contributed by atoms with E-state index in [2.05, 4.69) is 23.4 Å². The van der Waals surface area contributed by atoms with Crippen molar-refractivity contribution in [3.8, 4) is 12.3 Å². The maximum Gasteiger partial charge on any atom is 0.224 e. The van der Waals surface area contributed by atoms with Gasteiger partial charge in [0.25, 0.3) is 0 Å². The van der Waals surface area contributed by atoms with Crippen LogP contribution in [0.2, 0.25) is 0 Å². The molecule has 0 bridgehead atoms. The van der Waals surface area contributed by atoms with E-state index in [1.54, 1.807) is 0 Å². The maximum atomic E-state index is 11.5. The fourth-order valence-electron chi connectivity index (χ4n) is 1.82. The third kappa shape index (κ3) is 2.19. The molecule has 0 aromatic heterocycles. The van der Waals surface area contributed by atoms with Gasteiger partial charge in [0.1, 0.15) is 0 Å². The van der Waals surface area contributed by atoms with Gasteiger partial charge in [-0.3, -0.25) is 4.79 Å². The molecule has 0 radical (unpaired) electrons. The highest BCUT2D eigenvalue weighted by Gasteiger charge is 2.43. The van der Waals surface area contributed by atoms with Crippen LogP contribution >= 0.6 is 0 Å². The number of terminal acetylenes is 1. The molecule has 1 aromatic carbocycles. The van der Waals surface area contributed by atoms with Crippen molar-refractivity contribution in [2.24, 2.45) is 5.92 Å². The summed E-state index contributed by atoms with van der Waals surface area (Å²) in [7, 11) is 0. The Kier molecular flexibility index (Phi) is 2.73. The second kappa shape index (κ2) is 4.18. The van der Waals surface area contributed by atoms with Gasteiger partial charge in [-0.1, -0.05) is 36.3 Å². The number of hydrogen-bond acceptors (Lipinski definition) is 1. The average Bonchev–Trinajstić information content (AvgIpc) is 3.07. The Balaban J connectivity index is 1.91. The fourth-order valence-corrected chi connectivity index (χ4v) is 1.82. The molecule has 2 heteroatoms. The third-order valence-electron chi connectivity index (χ3n) is 2.72. The van der Waals surface area contributed by atoms with Crippen molar-refractivity contribution >= 4 is 5.91 Å². The summed E-state index contributed by atoms with van der Waals surface area (Å²) in [5.74, 6) is 3.01. The van der Waals surface area contributed by atoms with Crippen molar-refractivity contribution < 1.29 is 4.79 Å². The summed E-state index contributed by atoms with van der Waals surface area (Å²) in [6, 6.07) is 10.1. The number of benzene rings is 1. The number of hydrogen-bond donors (Lipinski definition) is 1. The number of nitrogens with one attached hydrogen (secondary N) is 1. The molecule has 2 rings (SSSR count). The molecule has 0 spiro atoms. The lowest BCUT2D eigenvalue weighted by Crippen LogP contribution is -2.25. The monoisotopic (exact) mass is 199 g/mol. The number of rotatable bonds is 3. The van der Waals surface area contributed by atoms with Crippen LogP contribution in [0.3, 0.4) is 0 Å². The Morgan fingerprint density at radius 1 is 1.47 bits per heavy atom. The van der Waals surface area contributed by atoms with Crippen LogP contribution < -0.4 is 5.32 Å². The molecule has 1 aliphatic carbocycles. The van der Waals surface area contributed by atoms with Crippen molar-refractivity contribution in [3.63, 3.8) is 0 Å². The van der Waals surface area contributed by atoms with E-state index in [0.29, 0.717) is 12.5 Å². The van der Waals surface area contributed by atoms with E-state index in [1.165, 1.54) is 5.56 Å². The van der Waals surface area contributed by atoms with E-state index < -0.39 is 0 Å². The highest BCUT2D eigenvalue weighted by Crippen LogP contribution is 2.47. The molecule has 0 saturated heterocycles. The second-order valence-electron chi connectivity index (χ2n) is 3.78. The zero-order valence-corrected chi connectivity index (χ0v) is 8.44. The molecule has 76 valence electrons. The molecule has 0 unspecified atom stereocenters. The minimum Gasteiger partial charge on any atom is -0.345 e. The van der Waals surface area contributed by atoms with Crippen molar-refractivity contribution in [1.29, 1.82) is 0 Å². The molecular weight excluding hydrogens is 186 g/mol. The minimum atomic E-state index is 0.0850. The van der Waals surface area contributed by atoms with Crippen LogP contribution in [0.25, 0.3) is 0 Å². The van der Waals surface area contributed by atoms with Gasteiger partial charge in [-0.25, -0.2) is 0 Å². The lowest BCUT2D eigenvalue weighted by Gasteiger charge is -2.00. The van der Waals surface area contributed by atoms with Gasteiger partial charge in [-0.2, -0.15) is 0 Å². The average molecular weight is 199 g/mol. The SMILES string of the molecule is C#CCNC(=O)[C@@H]1C[C@H]1c1ccccc1. The third-order valence-corrected chi connectivity index (χ3v) is 2.72. The van der Waals surface area contributed by atoms with E-state index in [4.69, 9.17) is 6.42 Å². The van der Waals surface area contributed by atoms with Crippen LogP contribution in [0.1, 0.15) is 17.9 Å². The largest absolute Gasteiger partial charge is 0.345 e.